The van der Waals surface area contributed by atoms with E-state index in [4.69, 9.17) is 19.2 Å². The number of nitrogens with one attached hydrogen (secondary N) is 2. The summed E-state index contributed by atoms with van der Waals surface area (Å²) in [7, 11) is 0. The molecule has 2 amide bonds. The number of nitrogens with zero attached hydrogens (tertiary/aromatic N) is 4. The van der Waals surface area contributed by atoms with Gasteiger partial charge in [0.05, 0.1) is 15.4 Å². The zero-order chi connectivity index (χ0) is 37.3. The standard InChI is InChI=1S/C18H17N3OS.C17H15N3OS.2CO2/c1-11-5-4-6-14(9-11)16-13(3)20-18(23-16)21-17(22)15-7-8-19-10-12(15)2;1-11-4-3-5-13(8-11)15-10-19-17(22-15)20-16(21)14-6-7-18-9-12(14)2;2*2-1-3/h4-10H,1-3H3,(H,20,21,22);3-10H,1-2H3,(H,19,20,21);;. The molecular formula is C37H32N6O6S2. The number of carbonyl (C=O) groups excluding carboxylic acids is 6. The third-order valence-electron chi connectivity index (χ3n) is 6.86. The van der Waals surface area contributed by atoms with Crippen LogP contribution < -0.4 is 10.6 Å². The second-order valence-electron chi connectivity index (χ2n) is 10.7. The van der Waals surface area contributed by atoms with Crippen molar-refractivity contribution in [3.63, 3.8) is 0 Å². The number of hydrogen-bond acceptors (Lipinski definition) is 12. The molecule has 0 saturated heterocycles. The number of thiazole rings is 2. The minimum absolute atomic E-state index is 0.158. The van der Waals surface area contributed by atoms with E-state index in [-0.39, 0.29) is 24.1 Å². The number of aromatic nitrogens is 4. The van der Waals surface area contributed by atoms with E-state index >= 15 is 0 Å². The first kappa shape index (κ1) is 39.1. The first-order valence-electron chi connectivity index (χ1n) is 15.0. The molecule has 2 aromatic carbocycles. The van der Waals surface area contributed by atoms with E-state index in [1.807, 2.05) is 39.0 Å². The number of aryl methyl sites for hydroxylation is 5. The molecule has 4 heterocycles. The van der Waals surface area contributed by atoms with Crippen molar-refractivity contribution < 1.29 is 28.8 Å². The van der Waals surface area contributed by atoms with Crippen LogP contribution in [0.5, 0.6) is 0 Å². The van der Waals surface area contributed by atoms with Gasteiger partial charge < -0.3 is 0 Å². The van der Waals surface area contributed by atoms with Crippen LogP contribution in [0.4, 0.5) is 10.3 Å². The highest BCUT2D eigenvalue weighted by molar-refractivity contribution is 7.19. The molecule has 0 fully saturated rings. The maximum atomic E-state index is 12.4. The predicted octanol–water partition coefficient (Wildman–Crippen LogP) is 7.29. The van der Waals surface area contributed by atoms with Crippen LogP contribution >= 0.6 is 22.7 Å². The van der Waals surface area contributed by atoms with Crippen molar-refractivity contribution in [2.24, 2.45) is 0 Å². The zero-order valence-corrected chi connectivity index (χ0v) is 29.8. The highest BCUT2D eigenvalue weighted by Crippen LogP contribution is 2.33. The topological polar surface area (TPSA) is 178 Å². The first-order chi connectivity index (χ1) is 24.5. The monoisotopic (exact) mass is 720 g/mol. The number of amides is 2. The minimum atomic E-state index is -0.162. The highest BCUT2D eigenvalue weighted by atomic mass is 32.1. The third kappa shape index (κ3) is 11.7. The van der Waals surface area contributed by atoms with Crippen molar-refractivity contribution >= 4 is 57.1 Å². The van der Waals surface area contributed by atoms with E-state index in [1.165, 1.54) is 33.8 Å². The average molecular weight is 721 g/mol. The molecule has 4 aromatic heterocycles. The van der Waals surface area contributed by atoms with Crippen molar-refractivity contribution in [3.05, 3.63) is 131 Å². The summed E-state index contributed by atoms with van der Waals surface area (Å²) in [6.45, 7) is 9.81. The smallest absolute Gasteiger partial charge is 0.298 e. The predicted molar refractivity (Wildman–Crippen MR) is 193 cm³/mol. The van der Waals surface area contributed by atoms with Crippen LogP contribution in [0.3, 0.4) is 0 Å². The SMILES string of the molecule is Cc1cccc(-c2cnc(NC(=O)c3ccncc3C)s2)c1.Cc1cccc(-c2sc(NC(=O)c3ccncc3C)nc2C)c1.O=C=O.O=C=O. The van der Waals surface area contributed by atoms with Crippen molar-refractivity contribution in [2.45, 2.75) is 34.6 Å². The second kappa shape index (κ2) is 19.6. The van der Waals surface area contributed by atoms with E-state index in [1.54, 1.807) is 43.1 Å². The van der Waals surface area contributed by atoms with Gasteiger partial charge in [0.1, 0.15) is 0 Å². The van der Waals surface area contributed by atoms with E-state index < -0.39 is 0 Å². The first-order valence-corrected chi connectivity index (χ1v) is 16.6. The Morgan fingerprint density at radius 1 is 0.627 bits per heavy atom. The Balaban J connectivity index is 0.000000239. The molecule has 2 N–H and O–H groups in total. The van der Waals surface area contributed by atoms with Crippen molar-refractivity contribution in [1.29, 1.82) is 0 Å². The molecule has 0 aliphatic carbocycles. The number of benzene rings is 2. The van der Waals surface area contributed by atoms with Crippen molar-refractivity contribution in [3.8, 4) is 20.9 Å². The summed E-state index contributed by atoms with van der Waals surface area (Å²) in [5.74, 6) is -0.320. The summed E-state index contributed by atoms with van der Waals surface area (Å²) in [5, 5.41) is 6.94. The Kier molecular flexibility index (Phi) is 15.1. The van der Waals surface area contributed by atoms with Crippen LogP contribution in [-0.2, 0) is 19.2 Å². The van der Waals surface area contributed by atoms with Crippen LogP contribution in [0.1, 0.15) is 48.7 Å². The lowest BCUT2D eigenvalue weighted by atomic mass is 10.1. The summed E-state index contributed by atoms with van der Waals surface area (Å²) in [5.41, 5.74) is 8.47. The molecule has 0 atom stereocenters. The summed E-state index contributed by atoms with van der Waals surface area (Å²) in [6.07, 6.45) is 8.87. The molecule has 12 nitrogen and oxygen atoms in total. The molecule has 0 aliphatic heterocycles. The number of anilines is 2. The molecule has 14 heteroatoms. The Labute approximate surface area is 301 Å². The van der Waals surface area contributed by atoms with Crippen LogP contribution in [0.15, 0.2) is 91.6 Å². The van der Waals surface area contributed by atoms with Crippen LogP contribution in [-0.4, -0.2) is 44.1 Å². The van der Waals surface area contributed by atoms with Gasteiger partial charge >= 0.3 is 12.3 Å². The minimum Gasteiger partial charge on any atom is -0.298 e. The van der Waals surface area contributed by atoms with Gasteiger partial charge in [-0.3, -0.25) is 30.2 Å². The molecule has 0 spiro atoms. The molecular weight excluding hydrogens is 689 g/mol. The van der Waals surface area contributed by atoms with Gasteiger partial charge in [-0.25, -0.2) is 9.97 Å². The molecule has 0 radical (unpaired) electrons. The van der Waals surface area contributed by atoms with Gasteiger partial charge in [0.25, 0.3) is 11.8 Å². The number of hydrogen-bond donors (Lipinski definition) is 2. The summed E-state index contributed by atoms with van der Waals surface area (Å²) in [6, 6.07) is 19.9. The Hall–Kier alpha value is -6.30. The molecule has 6 aromatic rings. The number of carbonyl (C=O) groups is 2. The fourth-order valence-electron chi connectivity index (χ4n) is 4.55. The lowest BCUT2D eigenvalue weighted by Gasteiger charge is -2.04. The summed E-state index contributed by atoms with van der Waals surface area (Å²) >= 11 is 2.96. The van der Waals surface area contributed by atoms with Gasteiger partial charge in [-0.15, -0.1) is 0 Å². The molecule has 258 valence electrons. The van der Waals surface area contributed by atoms with Gasteiger partial charge in [-0.05, 0) is 69.0 Å². The number of pyridine rings is 2. The molecule has 0 bridgehead atoms. The van der Waals surface area contributed by atoms with E-state index in [0.717, 1.165) is 37.7 Å². The largest absolute Gasteiger partial charge is 0.373 e. The third-order valence-corrected chi connectivity index (χ3v) is 8.94. The van der Waals surface area contributed by atoms with Gasteiger partial charge in [-0.2, -0.15) is 19.2 Å². The van der Waals surface area contributed by atoms with E-state index in [9.17, 15) is 9.59 Å². The lowest BCUT2D eigenvalue weighted by molar-refractivity contribution is -0.193. The van der Waals surface area contributed by atoms with Crippen LogP contribution in [0.2, 0.25) is 0 Å². The van der Waals surface area contributed by atoms with Gasteiger partial charge in [-0.1, -0.05) is 82.3 Å². The lowest BCUT2D eigenvalue weighted by Crippen LogP contribution is -2.13. The molecule has 6 rings (SSSR count). The second-order valence-corrected chi connectivity index (χ2v) is 12.7. The Morgan fingerprint density at radius 3 is 1.63 bits per heavy atom. The van der Waals surface area contributed by atoms with Crippen LogP contribution in [0, 0.1) is 34.6 Å². The molecule has 0 unspecified atom stereocenters. The quantitative estimate of drug-likeness (QED) is 0.178. The molecule has 0 aliphatic rings. The maximum Gasteiger partial charge on any atom is 0.373 e. The highest BCUT2D eigenvalue weighted by Gasteiger charge is 2.15. The van der Waals surface area contributed by atoms with Crippen molar-refractivity contribution in [2.75, 3.05) is 10.6 Å². The van der Waals surface area contributed by atoms with Gasteiger partial charge in [0.2, 0.25) is 0 Å². The average Bonchev–Trinajstić information content (AvgIpc) is 3.72. The van der Waals surface area contributed by atoms with Gasteiger partial charge in [0.15, 0.2) is 10.3 Å². The normalized spacial score (nSPS) is 9.59. The van der Waals surface area contributed by atoms with Gasteiger partial charge in [0, 0.05) is 42.1 Å². The Bertz CT molecular complexity index is 2170. The fraction of sp³-hybridized carbons (Fsp3) is 0.135. The fourth-order valence-corrected chi connectivity index (χ4v) is 6.32. The maximum absolute atomic E-state index is 12.4. The zero-order valence-electron chi connectivity index (χ0n) is 28.2. The van der Waals surface area contributed by atoms with Crippen LogP contribution in [0.25, 0.3) is 20.9 Å². The van der Waals surface area contributed by atoms with E-state index in [0.29, 0.717) is 21.4 Å². The Morgan fingerprint density at radius 2 is 1.12 bits per heavy atom. The molecule has 51 heavy (non-hydrogen) atoms. The van der Waals surface area contributed by atoms with E-state index in [2.05, 4.69) is 74.7 Å². The van der Waals surface area contributed by atoms with Crippen molar-refractivity contribution in [1.82, 2.24) is 19.9 Å². The summed E-state index contributed by atoms with van der Waals surface area (Å²) in [4.78, 5) is 76.0. The molecule has 0 saturated carbocycles. The summed E-state index contributed by atoms with van der Waals surface area (Å²) < 4.78 is 0. The number of rotatable bonds is 6.